The Bertz CT molecular complexity index is 1010. The lowest BCUT2D eigenvalue weighted by atomic mass is 9.68. The van der Waals surface area contributed by atoms with Crippen LogP contribution in [0.5, 0.6) is 5.75 Å². The Hall–Kier alpha value is -2.47. The van der Waals surface area contributed by atoms with Gasteiger partial charge in [-0.25, -0.2) is 13.2 Å². The average Bonchev–Trinajstić information content (AvgIpc) is 2.80. The summed E-state index contributed by atoms with van der Waals surface area (Å²) in [7, 11) is 0. The fourth-order valence-electron chi connectivity index (χ4n) is 5.72. The minimum absolute atomic E-state index is 0.000313. The van der Waals surface area contributed by atoms with Crippen LogP contribution in [0.15, 0.2) is 49.0 Å². The van der Waals surface area contributed by atoms with Crippen LogP contribution in [0.4, 0.5) is 13.2 Å². The van der Waals surface area contributed by atoms with Gasteiger partial charge in [0.05, 0.1) is 12.6 Å². The van der Waals surface area contributed by atoms with E-state index >= 15 is 0 Å². The van der Waals surface area contributed by atoms with Crippen LogP contribution in [0.2, 0.25) is 0 Å². The van der Waals surface area contributed by atoms with Crippen LogP contribution >= 0.6 is 0 Å². The van der Waals surface area contributed by atoms with Gasteiger partial charge in [0.1, 0.15) is 0 Å². The lowest BCUT2D eigenvalue weighted by molar-refractivity contribution is -0.00252. The number of piperidine rings is 2. The Labute approximate surface area is 207 Å². The van der Waals surface area contributed by atoms with Gasteiger partial charge in [0, 0.05) is 37.4 Å². The van der Waals surface area contributed by atoms with Gasteiger partial charge in [-0.2, -0.15) is 0 Å². The monoisotopic (exact) mass is 486 g/mol. The molecule has 2 aromatic rings. The van der Waals surface area contributed by atoms with E-state index in [0.717, 1.165) is 43.6 Å². The van der Waals surface area contributed by atoms with Gasteiger partial charge in [-0.05, 0) is 75.1 Å². The van der Waals surface area contributed by atoms with Crippen LogP contribution in [0.25, 0.3) is 5.70 Å². The van der Waals surface area contributed by atoms with Crippen molar-refractivity contribution in [2.45, 2.75) is 58.5 Å². The van der Waals surface area contributed by atoms with Crippen LogP contribution in [0.3, 0.4) is 0 Å². The molecule has 1 unspecified atom stereocenters. The predicted molar refractivity (Wildman–Crippen MR) is 135 cm³/mol. The summed E-state index contributed by atoms with van der Waals surface area (Å²) in [5.41, 5.74) is 3.98. The molecule has 0 amide bonds. The van der Waals surface area contributed by atoms with Gasteiger partial charge >= 0.3 is 0 Å². The van der Waals surface area contributed by atoms with Crippen molar-refractivity contribution >= 4 is 5.70 Å². The van der Waals surface area contributed by atoms with Gasteiger partial charge in [0.15, 0.2) is 11.6 Å². The molecule has 0 aliphatic carbocycles. The Morgan fingerprint density at radius 2 is 1.80 bits per heavy atom. The summed E-state index contributed by atoms with van der Waals surface area (Å²) in [6, 6.07) is 13.5. The number of aryl methyl sites for hydroxylation is 1. The third kappa shape index (κ3) is 6.21. The van der Waals surface area contributed by atoms with Crippen molar-refractivity contribution in [2.75, 3.05) is 32.7 Å². The molecule has 0 bridgehead atoms. The molecule has 4 rings (SSSR count). The van der Waals surface area contributed by atoms with Crippen LogP contribution < -0.4 is 4.74 Å². The smallest absolute Gasteiger partial charge is 0.251 e. The molecule has 0 radical (unpaired) electrons. The van der Waals surface area contributed by atoms with E-state index in [1.54, 1.807) is 6.07 Å². The molecule has 0 N–H and O–H groups in total. The first-order valence-corrected chi connectivity index (χ1v) is 12.6. The van der Waals surface area contributed by atoms with Crippen molar-refractivity contribution < 1.29 is 17.9 Å². The molecule has 2 aliphatic heterocycles. The molecule has 0 aromatic heterocycles. The van der Waals surface area contributed by atoms with Gasteiger partial charge in [0.25, 0.3) is 6.43 Å². The molecule has 1 spiro atoms. The maximum absolute atomic E-state index is 14.5. The lowest BCUT2D eigenvalue weighted by Gasteiger charge is -2.51. The van der Waals surface area contributed by atoms with Crippen molar-refractivity contribution in [3.8, 4) is 5.75 Å². The summed E-state index contributed by atoms with van der Waals surface area (Å²) in [5, 5.41) is 0. The molecular formula is C29H37F3N2O. The van der Waals surface area contributed by atoms with Gasteiger partial charge in [-0.15, -0.1) is 0 Å². The van der Waals surface area contributed by atoms with Crippen LogP contribution in [0.1, 0.15) is 55.7 Å². The maximum Gasteiger partial charge on any atom is 0.251 e. The molecule has 190 valence electrons. The number of rotatable bonds is 7. The molecule has 2 heterocycles. The fourth-order valence-corrected chi connectivity index (χ4v) is 5.72. The molecule has 0 saturated carbocycles. The second kappa shape index (κ2) is 10.7. The highest BCUT2D eigenvalue weighted by atomic mass is 19.3. The van der Waals surface area contributed by atoms with E-state index < -0.39 is 6.43 Å². The first-order chi connectivity index (χ1) is 16.6. The quantitative estimate of drug-likeness (QED) is 0.432. The van der Waals surface area contributed by atoms with E-state index in [9.17, 15) is 13.2 Å². The summed E-state index contributed by atoms with van der Waals surface area (Å²) in [6.45, 7) is 12.8. The summed E-state index contributed by atoms with van der Waals surface area (Å²) in [6.07, 6.45) is 0.393. The third-order valence-corrected chi connectivity index (χ3v) is 7.50. The highest BCUT2D eigenvalue weighted by Gasteiger charge is 2.43. The molecular weight excluding hydrogens is 449 g/mol. The largest absolute Gasteiger partial charge is 0.488 e. The Balaban J connectivity index is 1.46. The molecule has 3 nitrogen and oxygen atoms in total. The van der Waals surface area contributed by atoms with Crippen molar-refractivity contribution in [3.63, 3.8) is 0 Å². The first kappa shape index (κ1) is 25.6. The molecule has 6 heteroatoms. The number of hydrogen-bond acceptors (Lipinski definition) is 3. The minimum Gasteiger partial charge on any atom is -0.488 e. The zero-order valence-electron chi connectivity index (χ0n) is 21.1. The molecule has 2 aliphatic rings. The number of likely N-dealkylation sites (tertiary alicyclic amines) is 2. The summed E-state index contributed by atoms with van der Waals surface area (Å²) >= 11 is 0. The normalized spacial score (nSPS) is 20.6. The molecule has 2 saturated heterocycles. The highest BCUT2D eigenvalue weighted by molar-refractivity contribution is 5.63. The van der Waals surface area contributed by atoms with Crippen molar-refractivity contribution in [2.24, 2.45) is 5.41 Å². The number of halogens is 3. The van der Waals surface area contributed by atoms with Crippen LogP contribution in [-0.2, 0) is 0 Å². The Morgan fingerprint density at radius 1 is 1.11 bits per heavy atom. The standard InChI is InChI=1S/C29H37F3N2O/c1-20(2)35-27-10-9-24(15-26(27)30)22(4)34-13-11-29(12-14-34)16-25(17-33(19-29)18-28(31)32)23-7-5-21(3)6-8-23/h5-10,15,20,25,28H,4,11-14,16-19H2,1-3H3. The van der Waals surface area contributed by atoms with Crippen molar-refractivity contribution in [1.82, 2.24) is 9.80 Å². The number of benzene rings is 2. The molecule has 2 aromatic carbocycles. The highest BCUT2D eigenvalue weighted by Crippen LogP contribution is 2.46. The van der Waals surface area contributed by atoms with Gasteiger partial charge < -0.3 is 9.64 Å². The van der Waals surface area contributed by atoms with Crippen LogP contribution in [-0.4, -0.2) is 55.1 Å². The second-order valence-corrected chi connectivity index (χ2v) is 10.6. The van der Waals surface area contributed by atoms with E-state index in [1.165, 1.54) is 17.2 Å². The maximum atomic E-state index is 14.5. The topological polar surface area (TPSA) is 15.7 Å². The number of nitrogens with zero attached hydrogens (tertiary/aromatic N) is 2. The SMILES string of the molecule is C=C(c1ccc(OC(C)C)c(F)c1)N1CCC2(CC1)CC(c1ccc(C)cc1)CN(CC(F)F)C2. The Morgan fingerprint density at radius 3 is 2.40 bits per heavy atom. The van der Waals surface area contributed by atoms with E-state index in [2.05, 4.69) is 42.7 Å². The fraction of sp³-hybridized carbons (Fsp3) is 0.517. The summed E-state index contributed by atoms with van der Waals surface area (Å²) < 4.78 is 46.7. The summed E-state index contributed by atoms with van der Waals surface area (Å²) in [5.74, 6) is 0.111. The number of hydrogen-bond donors (Lipinski definition) is 0. The van der Waals surface area contributed by atoms with Crippen molar-refractivity contribution in [3.05, 3.63) is 71.6 Å². The Kier molecular flexibility index (Phi) is 7.80. The number of ether oxygens (including phenoxy) is 1. The average molecular weight is 487 g/mol. The second-order valence-electron chi connectivity index (χ2n) is 10.6. The minimum atomic E-state index is -2.33. The zero-order chi connectivity index (χ0) is 25.2. The van der Waals surface area contributed by atoms with Gasteiger partial charge in [-0.1, -0.05) is 36.4 Å². The van der Waals surface area contributed by atoms with E-state index in [1.807, 2.05) is 24.8 Å². The molecule has 35 heavy (non-hydrogen) atoms. The van der Waals surface area contributed by atoms with E-state index in [4.69, 9.17) is 4.74 Å². The van der Waals surface area contributed by atoms with Gasteiger partial charge in [-0.3, -0.25) is 4.90 Å². The number of alkyl halides is 2. The van der Waals surface area contributed by atoms with Crippen molar-refractivity contribution in [1.29, 1.82) is 0 Å². The third-order valence-electron chi connectivity index (χ3n) is 7.50. The predicted octanol–water partition coefficient (Wildman–Crippen LogP) is 6.73. The van der Waals surface area contributed by atoms with Gasteiger partial charge in [0.2, 0.25) is 0 Å². The van der Waals surface area contributed by atoms with E-state index in [0.29, 0.717) is 13.1 Å². The first-order valence-electron chi connectivity index (χ1n) is 12.6. The zero-order valence-corrected chi connectivity index (χ0v) is 21.1. The lowest BCUT2D eigenvalue weighted by Crippen LogP contribution is -2.52. The molecule has 1 atom stereocenters. The molecule has 2 fully saturated rings. The summed E-state index contributed by atoms with van der Waals surface area (Å²) in [4.78, 5) is 4.17. The van der Waals surface area contributed by atoms with E-state index in [-0.39, 0.29) is 35.5 Å². The van der Waals surface area contributed by atoms with Crippen LogP contribution in [0, 0.1) is 18.2 Å².